The van der Waals surface area contributed by atoms with Gasteiger partial charge in [0, 0.05) is 11.3 Å². The van der Waals surface area contributed by atoms with Crippen molar-refractivity contribution in [2.24, 2.45) is 0 Å². The monoisotopic (exact) mass is 400 g/mol. The van der Waals surface area contributed by atoms with Crippen LogP contribution in [0, 0.1) is 0 Å². The van der Waals surface area contributed by atoms with Gasteiger partial charge in [-0.2, -0.15) is 0 Å². The summed E-state index contributed by atoms with van der Waals surface area (Å²) >= 11 is 0. The first kappa shape index (κ1) is 19.7. The third-order valence-electron chi connectivity index (χ3n) is 5.31. The van der Waals surface area contributed by atoms with Crippen molar-refractivity contribution >= 4 is 23.2 Å². The number of nitrogens with one attached hydrogen (secondary N) is 2. The number of carbonyl (C=O) groups excluding carboxylic acids is 2. The molecule has 0 unspecified atom stereocenters. The molecule has 0 radical (unpaired) electrons. The highest BCUT2D eigenvalue weighted by Gasteiger charge is 2.13. The quantitative estimate of drug-likeness (QED) is 0.635. The predicted molar refractivity (Wildman–Crippen MR) is 118 cm³/mol. The lowest BCUT2D eigenvalue weighted by Crippen LogP contribution is -2.15. The summed E-state index contributed by atoms with van der Waals surface area (Å²) in [5.74, 6) is 0.288. The third-order valence-corrected chi connectivity index (χ3v) is 5.31. The van der Waals surface area contributed by atoms with Gasteiger partial charge < -0.3 is 15.4 Å². The van der Waals surface area contributed by atoms with Crippen LogP contribution in [0.25, 0.3) is 0 Å². The number of rotatable bonds is 6. The Morgan fingerprint density at radius 1 is 0.900 bits per heavy atom. The second-order valence-electron chi connectivity index (χ2n) is 7.41. The zero-order chi connectivity index (χ0) is 20.9. The Labute approximate surface area is 176 Å². The normalized spacial score (nSPS) is 12.2. The Morgan fingerprint density at radius 3 is 2.47 bits per heavy atom. The molecule has 0 aromatic heterocycles. The van der Waals surface area contributed by atoms with Crippen LogP contribution in [0.15, 0.2) is 66.7 Å². The average molecular weight is 400 g/mol. The Balaban J connectivity index is 1.36. The maximum absolute atomic E-state index is 12.5. The van der Waals surface area contributed by atoms with Gasteiger partial charge in [-0.25, -0.2) is 0 Å². The fraction of sp³-hybridized carbons (Fsp3) is 0.200. The van der Waals surface area contributed by atoms with E-state index in [-0.39, 0.29) is 11.8 Å². The molecular weight excluding hydrogens is 376 g/mol. The van der Waals surface area contributed by atoms with Crippen molar-refractivity contribution in [1.29, 1.82) is 0 Å². The summed E-state index contributed by atoms with van der Waals surface area (Å²) < 4.78 is 5.26. The first-order chi connectivity index (χ1) is 14.6. The molecule has 0 bridgehead atoms. The number of amides is 2. The van der Waals surface area contributed by atoms with Crippen LogP contribution in [0.1, 0.15) is 33.5 Å². The molecule has 0 atom stereocenters. The fourth-order valence-electron chi connectivity index (χ4n) is 3.77. The number of aryl methyl sites for hydroxylation is 2. The molecule has 1 aliphatic carbocycles. The summed E-state index contributed by atoms with van der Waals surface area (Å²) in [5.41, 5.74) is 5.57. The minimum absolute atomic E-state index is 0.0702. The minimum atomic E-state index is -0.240. The number of methoxy groups -OCH3 is 1. The number of hydrogen-bond acceptors (Lipinski definition) is 3. The molecule has 0 spiro atoms. The number of fused-ring (bicyclic) bond motifs is 1. The van der Waals surface area contributed by atoms with E-state index in [1.54, 1.807) is 43.5 Å². The molecule has 0 saturated carbocycles. The second-order valence-corrected chi connectivity index (χ2v) is 7.41. The molecule has 4 rings (SSSR count). The van der Waals surface area contributed by atoms with Gasteiger partial charge in [0.05, 0.1) is 19.2 Å². The van der Waals surface area contributed by atoms with E-state index in [4.69, 9.17) is 4.74 Å². The van der Waals surface area contributed by atoms with Gasteiger partial charge in [0.2, 0.25) is 5.91 Å². The standard InChI is InChI=1S/C25H24N2O3/c1-30-23-8-3-2-7-22(23)27-25(29)19-11-13-21(14-12-19)26-24(28)16-17-9-10-18-5-4-6-20(18)15-17/h2-3,7-15H,4-6,16H2,1H3,(H,26,28)(H,27,29). The van der Waals surface area contributed by atoms with Crippen molar-refractivity contribution in [3.05, 3.63) is 89.0 Å². The molecule has 0 saturated heterocycles. The molecule has 0 aliphatic heterocycles. The molecule has 3 aromatic carbocycles. The van der Waals surface area contributed by atoms with Crippen molar-refractivity contribution in [2.45, 2.75) is 25.7 Å². The molecule has 152 valence electrons. The van der Waals surface area contributed by atoms with Crippen LogP contribution < -0.4 is 15.4 Å². The van der Waals surface area contributed by atoms with Crippen molar-refractivity contribution in [3.63, 3.8) is 0 Å². The van der Waals surface area contributed by atoms with E-state index in [1.807, 2.05) is 18.2 Å². The summed E-state index contributed by atoms with van der Waals surface area (Å²) in [7, 11) is 1.56. The van der Waals surface area contributed by atoms with Crippen molar-refractivity contribution in [1.82, 2.24) is 0 Å². The summed E-state index contributed by atoms with van der Waals surface area (Å²) in [4.78, 5) is 24.9. The molecule has 2 N–H and O–H groups in total. The minimum Gasteiger partial charge on any atom is -0.495 e. The Kier molecular flexibility index (Phi) is 5.80. The lowest BCUT2D eigenvalue weighted by Gasteiger charge is -2.10. The van der Waals surface area contributed by atoms with Crippen LogP contribution in [0.5, 0.6) is 5.75 Å². The van der Waals surface area contributed by atoms with Gasteiger partial charge in [0.15, 0.2) is 0 Å². The number of para-hydroxylation sites is 2. The van der Waals surface area contributed by atoms with Crippen LogP contribution in [0.4, 0.5) is 11.4 Å². The Hall–Kier alpha value is -3.60. The smallest absolute Gasteiger partial charge is 0.255 e. The predicted octanol–water partition coefficient (Wildman–Crippen LogP) is 4.62. The maximum atomic E-state index is 12.5. The largest absolute Gasteiger partial charge is 0.495 e. The summed E-state index contributed by atoms with van der Waals surface area (Å²) in [6, 6.07) is 20.4. The van der Waals surface area contributed by atoms with Crippen LogP contribution in [0.2, 0.25) is 0 Å². The van der Waals surface area contributed by atoms with E-state index in [0.29, 0.717) is 29.1 Å². The van der Waals surface area contributed by atoms with E-state index >= 15 is 0 Å². The van der Waals surface area contributed by atoms with Gasteiger partial charge in [-0.15, -0.1) is 0 Å². The average Bonchev–Trinajstić information content (AvgIpc) is 3.22. The third kappa shape index (κ3) is 4.51. The van der Waals surface area contributed by atoms with E-state index in [0.717, 1.165) is 18.4 Å². The van der Waals surface area contributed by atoms with Gasteiger partial charge in [0.25, 0.3) is 5.91 Å². The molecule has 0 heterocycles. The van der Waals surface area contributed by atoms with Gasteiger partial charge in [-0.1, -0.05) is 30.3 Å². The Morgan fingerprint density at radius 2 is 1.67 bits per heavy atom. The van der Waals surface area contributed by atoms with Crippen molar-refractivity contribution < 1.29 is 14.3 Å². The van der Waals surface area contributed by atoms with Gasteiger partial charge in [-0.3, -0.25) is 9.59 Å². The highest BCUT2D eigenvalue weighted by molar-refractivity contribution is 6.05. The van der Waals surface area contributed by atoms with Crippen LogP contribution >= 0.6 is 0 Å². The molecule has 1 aliphatic rings. The molecule has 30 heavy (non-hydrogen) atoms. The molecule has 2 amide bonds. The molecule has 3 aromatic rings. The van der Waals surface area contributed by atoms with E-state index in [9.17, 15) is 9.59 Å². The zero-order valence-electron chi connectivity index (χ0n) is 16.9. The summed E-state index contributed by atoms with van der Waals surface area (Å²) in [6.07, 6.45) is 3.77. The Bertz CT molecular complexity index is 1070. The number of benzene rings is 3. The number of carbonyl (C=O) groups is 2. The summed E-state index contributed by atoms with van der Waals surface area (Å²) in [5, 5.41) is 5.74. The topological polar surface area (TPSA) is 67.4 Å². The number of ether oxygens (including phenoxy) is 1. The van der Waals surface area contributed by atoms with Gasteiger partial charge in [0.1, 0.15) is 5.75 Å². The van der Waals surface area contributed by atoms with Crippen LogP contribution in [-0.4, -0.2) is 18.9 Å². The zero-order valence-corrected chi connectivity index (χ0v) is 16.9. The maximum Gasteiger partial charge on any atom is 0.255 e. The highest BCUT2D eigenvalue weighted by Crippen LogP contribution is 2.24. The fourth-order valence-corrected chi connectivity index (χ4v) is 3.77. The van der Waals surface area contributed by atoms with E-state index < -0.39 is 0 Å². The molecule has 5 heteroatoms. The first-order valence-electron chi connectivity index (χ1n) is 10.1. The lowest BCUT2D eigenvalue weighted by molar-refractivity contribution is -0.115. The number of hydrogen-bond donors (Lipinski definition) is 2. The van der Waals surface area contributed by atoms with Crippen LogP contribution in [-0.2, 0) is 24.1 Å². The second kappa shape index (κ2) is 8.82. The SMILES string of the molecule is COc1ccccc1NC(=O)c1ccc(NC(=O)Cc2ccc3c(c2)CCC3)cc1. The van der Waals surface area contributed by atoms with E-state index in [1.165, 1.54) is 17.5 Å². The molecular formula is C25H24N2O3. The summed E-state index contributed by atoms with van der Waals surface area (Å²) in [6.45, 7) is 0. The van der Waals surface area contributed by atoms with Crippen molar-refractivity contribution in [2.75, 3.05) is 17.7 Å². The van der Waals surface area contributed by atoms with Crippen molar-refractivity contribution in [3.8, 4) is 5.75 Å². The van der Waals surface area contributed by atoms with Gasteiger partial charge in [-0.05, 0) is 72.4 Å². The molecule has 0 fully saturated rings. The van der Waals surface area contributed by atoms with E-state index in [2.05, 4.69) is 22.8 Å². The first-order valence-corrected chi connectivity index (χ1v) is 10.1. The highest BCUT2D eigenvalue weighted by atomic mass is 16.5. The number of anilines is 2. The van der Waals surface area contributed by atoms with Gasteiger partial charge >= 0.3 is 0 Å². The van der Waals surface area contributed by atoms with Crippen LogP contribution in [0.3, 0.4) is 0 Å². The molecule has 5 nitrogen and oxygen atoms in total. The lowest BCUT2D eigenvalue weighted by atomic mass is 10.0.